The third kappa shape index (κ3) is 3.68. The summed E-state index contributed by atoms with van der Waals surface area (Å²) in [5.74, 6) is 0.793. The molecule has 5 rings (SSSR count). The summed E-state index contributed by atoms with van der Waals surface area (Å²) < 4.78 is 6.26. The molecule has 1 atom stereocenters. The molecule has 0 unspecified atom stereocenters. The summed E-state index contributed by atoms with van der Waals surface area (Å²) in [5.41, 5.74) is 5.25. The van der Waals surface area contributed by atoms with Crippen molar-refractivity contribution in [2.24, 2.45) is 0 Å². The third-order valence-corrected chi connectivity index (χ3v) is 6.30. The van der Waals surface area contributed by atoms with Crippen molar-refractivity contribution in [1.82, 2.24) is 9.88 Å². The molecular weight excluding hydrogens is 454 g/mol. The topological polar surface area (TPSA) is 57.4 Å². The highest BCUT2D eigenvalue weighted by Gasteiger charge is 2.34. The van der Waals surface area contributed by atoms with Crippen LogP contribution in [0.4, 0.5) is 10.5 Å². The average molecular weight is 476 g/mol. The van der Waals surface area contributed by atoms with Crippen LogP contribution in [-0.2, 0) is 6.42 Å². The van der Waals surface area contributed by atoms with Crippen LogP contribution in [0.5, 0.6) is 5.75 Å². The van der Waals surface area contributed by atoms with E-state index >= 15 is 0 Å². The second kappa shape index (κ2) is 8.12. The van der Waals surface area contributed by atoms with Gasteiger partial charge in [-0.1, -0.05) is 52.3 Å². The number of nitrogens with one attached hydrogen (secondary N) is 2. The number of urea groups is 1. The van der Waals surface area contributed by atoms with Gasteiger partial charge in [-0.15, -0.1) is 0 Å². The zero-order valence-corrected chi connectivity index (χ0v) is 18.6. The molecule has 0 saturated heterocycles. The Labute approximate surface area is 189 Å². The van der Waals surface area contributed by atoms with E-state index in [0.717, 1.165) is 39.1 Å². The van der Waals surface area contributed by atoms with E-state index in [1.165, 1.54) is 10.9 Å². The summed E-state index contributed by atoms with van der Waals surface area (Å²) in [6.45, 7) is 0.630. The number of hydrogen-bond acceptors (Lipinski definition) is 2. The molecule has 6 heteroatoms. The number of nitrogens with zero attached hydrogens (tertiary/aromatic N) is 1. The molecule has 4 aromatic rings. The zero-order chi connectivity index (χ0) is 21.4. The number of amides is 2. The third-order valence-electron chi connectivity index (χ3n) is 5.80. The number of para-hydroxylation sites is 1. The number of methoxy groups -OCH3 is 1. The van der Waals surface area contributed by atoms with E-state index in [2.05, 4.69) is 44.4 Å². The predicted molar refractivity (Wildman–Crippen MR) is 127 cm³/mol. The second-order valence-electron chi connectivity index (χ2n) is 7.62. The Morgan fingerprint density at radius 3 is 2.68 bits per heavy atom. The van der Waals surface area contributed by atoms with Crippen molar-refractivity contribution in [3.63, 3.8) is 0 Å². The number of fused-ring (bicyclic) bond motifs is 3. The molecule has 1 aliphatic rings. The number of carbonyl (C=O) groups is 1. The van der Waals surface area contributed by atoms with E-state index in [1.807, 2.05) is 59.5 Å². The summed E-state index contributed by atoms with van der Waals surface area (Å²) in [6.07, 6.45) is 0.803. The number of ether oxygens (including phenoxy) is 1. The SMILES string of the molecule is COc1ccc([C@@H]2c3[nH]c4ccccc4c3CCN2C(=O)Nc2cccc(Br)c2)cc1. The molecule has 0 bridgehead atoms. The summed E-state index contributed by atoms with van der Waals surface area (Å²) in [6, 6.07) is 23.6. The molecule has 1 aliphatic heterocycles. The van der Waals surface area contributed by atoms with Crippen LogP contribution in [0.2, 0.25) is 0 Å². The fourth-order valence-corrected chi connectivity index (χ4v) is 4.75. The number of rotatable bonds is 3. The van der Waals surface area contributed by atoms with Gasteiger partial charge >= 0.3 is 6.03 Å². The van der Waals surface area contributed by atoms with E-state index in [1.54, 1.807) is 7.11 Å². The van der Waals surface area contributed by atoms with Crippen LogP contribution in [0.3, 0.4) is 0 Å². The number of halogens is 1. The smallest absolute Gasteiger partial charge is 0.322 e. The minimum Gasteiger partial charge on any atom is -0.497 e. The molecule has 0 radical (unpaired) electrons. The van der Waals surface area contributed by atoms with E-state index in [0.29, 0.717) is 6.54 Å². The Hall–Kier alpha value is -3.25. The maximum atomic E-state index is 13.4. The first-order chi connectivity index (χ1) is 15.1. The number of aromatic nitrogens is 1. The maximum absolute atomic E-state index is 13.4. The highest BCUT2D eigenvalue weighted by Crippen LogP contribution is 2.39. The van der Waals surface area contributed by atoms with Crippen LogP contribution in [0.15, 0.2) is 77.3 Å². The van der Waals surface area contributed by atoms with Crippen molar-refractivity contribution in [3.05, 3.63) is 94.1 Å². The van der Waals surface area contributed by atoms with Gasteiger partial charge in [-0.05, 0) is 53.9 Å². The number of anilines is 1. The first-order valence-corrected chi connectivity index (χ1v) is 11.0. The number of carbonyl (C=O) groups excluding carboxylic acids is 1. The van der Waals surface area contributed by atoms with Crippen LogP contribution in [0.1, 0.15) is 22.9 Å². The molecule has 5 nitrogen and oxygen atoms in total. The molecule has 0 aliphatic carbocycles. The standard InChI is InChI=1S/C25H22BrN3O2/c1-31-19-11-9-16(10-12-19)24-23-21(20-7-2-3-8-22(20)28-23)13-14-29(24)25(30)27-18-6-4-5-17(26)15-18/h2-12,15,24,28H,13-14H2,1H3,(H,27,30)/t24-/m1/s1. The summed E-state index contributed by atoms with van der Waals surface area (Å²) >= 11 is 3.47. The lowest BCUT2D eigenvalue weighted by molar-refractivity contribution is 0.193. The fraction of sp³-hybridized carbons (Fsp3) is 0.160. The lowest BCUT2D eigenvalue weighted by Gasteiger charge is -2.36. The summed E-state index contributed by atoms with van der Waals surface area (Å²) in [5, 5.41) is 4.28. The molecule has 3 aromatic carbocycles. The Morgan fingerprint density at radius 2 is 1.90 bits per heavy atom. The first-order valence-electron chi connectivity index (χ1n) is 10.2. The van der Waals surface area contributed by atoms with Crippen LogP contribution in [0, 0.1) is 0 Å². The van der Waals surface area contributed by atoms with Gasteiger partial charge in [-0.25, -0.2) is 4.79 Å². The van der Waals surface area contributed by atoms with Gasteiger partial charge in [0.15, 0.2) is 0 Å². The monoisotopic (exact) mass is 475 g/mol. The molecule has 0 saturated carbocycles. The minimum atomic E-state index is -0.214. The molecule has 2 heterocycles. The van der Waals surface area contributed by atoms with Crippen molar-refractivity contribution in [1.29, 1.82) is 0 Å². The Balaban J connectivity index is 1.57. The molecule has 1 aromatic heterocycles. The molecule has 2 amide bonds. The molecule has 31 heavy (non-hydrogen) atoms. The van der Waals surface area contributed by atoms with E-state index in [9.17, 15) is 4.79 Å². The van der Waals surface area contributed by atoms with Crippen molar-refractivity contribution >= 4 is 38.6 Å². The summed E-state index contributed by atoms with van der Waals surface area (Å²) in [4.78, 5) is 18.9. The number of benzene rings is 3. The average Bonchev–Trinajstić information content (AvgIpc) is 3.17. The van der Waals surface area contributed by atoms with E-state index in [-0.39, 0.29) is 12.1 Å². The molecule has 0 spiro atoms. The van der Waals surface area contributed by atoms with Gasteiger partial charge in [0.2, 0.25) is 0 Å². The second-order valence-corrected chi connectivity index (χ2v) is 8.54. The van der Waals surface area contributed by atoms with Crippen LogP contribution >= 0.6 is 15.9 Å². The van der Waals surface area contributed by atoms with Crippen LogP contribution in [-0.4, -0.2) is 29.6 Å². The molecule has 156 valence electrons. The van der Waals surface area contributed by atoms with E-state index < -0.39 is 0 Å². The largest absolute Gasteiger partial charge is 0.497 e. The molecule has 2 N–H and O–H groups in total. The Bertz CT molecular complexity index is 1250. The predicted octanol–water partition coefficient (Wildman–Crippen LogP) is 6.12. The Morgan fingerprint density at radius 1 is 1.10 bits per heavy atom. The number of hydrogen-bond donors (Lipinski definition) is 2. The van der Waals surface area contributed by atoms with Gasteiger partial charge in [0, 0.05) is 33.3 Å². The van der Waals surface area contributed by atoms with Crippen LogP contribution < -0.4 is 10.1 Å². The molecular formula is C25H22BrN3O2. The number of aromatic amines is 1. The van der Waals surface area contributed by atoms with Crippen molar-refractivity contribution in [2.45, 2.75) is 12.5 Å². The van der Waals surface area contributed by atoms with Crippen LogP contribution in [0.25, 0.3) is 10.9 Å². The van der Waals surface area contributed by atoms with Gasteiger partial charge in [0.25, 0.3) is 0 Å². The zero-order valence-electron chi connectivity index (χ0n) is 17.1. The maximum Gasteiger partial charge on any atom is 0.322 e. The van der Waals surface area contributed by atoms with Crippen molar-refractivity contribution in [2.75, 3.05) is 19.0 Å². The summed E-state index contributed by atoms with van der Waals surface area (Å²) in [7, 11) is 1.66. The van der Waals surface area contributed by atoms with Gasteiger partial charge in [-0.2, -0.15) is 0 Å². The van der Waals surface area contributed by atoms with Crippen molar-refractivity contribution < 1.29 is 9.53 Å². The van der Waals surface area contributed by atoms with Gasteiger partial charge in [0.1, 0.15) is 5.75 Å². The van der Waals surface area contributed by atoms with Gasteiger partial charge in [0.05, 0.1) is 13.2 Å². The first kappa shape index (κ1) is 19.7. The fourth-order valence-electron chi connectivity index (χ4n) is 4.35. The molecule has 0 fully saturated rings. The lowest BCUT2D eigenvalue weighted by atomic mass is 9.92. The lowest BCUT2D eigenvalue weighted by Crippen LogP contribution is -2.43. The van der Waals surface area contributed by atoms with Gasteiger partial charge < -0.3 is 19.9 Å². The normalized spacial score (nSPS) is 15.5. The number of H-pyrrole nitrogens is 1. The van der Waals surface area contributed by atoms with E-state index in [4.69, 9.17) is 4.74 Å². The Kier molecular flexibility index (Phi) is 5.16. The highest BCUT2D eigenvalue weighted by molar-refractivity contribution is 9.10. The minimum absolute atomic E-state index is 0.122. The quantitative estimate of drug-likeness (QED) is 0.375. The highest BCUT2D eigenvalue weighted by atomic mass is 79.9. The van der Waals surface area contributed by atoms with Gasteiger partial charge in [-0.3, -0.25) is 0 Å². The van der Waals surface area contributed by atoms with Crippen molar-refractivity contribution in [3.8, 4) is 5.75 Å².